The number of hydrogen-bond acceptors (Lipinski definition) is 5. The fourth-order valence-corrected chi connectivity index (χ4v) is 4.74. The maximum absolute atomic E-state index is 9.56. The summed E-state index contributed by atoms with van der Waals surface area (Å²) in [5, 5.41) is 18.3. The number of halogens is 1. The van der Waals surface area contributed by atoms with E-state index in [2.05, 4.69) is 47.0 Å². The first-order valence-corrected chi connectivity index (χ1v) is 11.7. The standard InChI is InChI=1S/C22H31N7S.HI/c1-3-18-16-28(13-14-30-18)22(25-4-2)26-12-8-11-20-19(15-23)21(24)29(27-20)17-9-6-5-7-10-17;/h5-7,9-10,18H,3-4,8,11-14,16,24H2,1-2H3,(H,25,26);1H. The van der Waals surface area contributed by atoms with Crippen molar-refractivity contribution in [3.63, 3.8) is 0 Å². The zero-order chi connectivity index (χ0) is 21.3. The minimum Gasteiger partial charge on any atom is -0.382 e. The molecule has 31 heavy (non-hydrogen) atoms. The van der Waals surface area contributed by atoms with Crippen LogP contribution in [0.1, 0.15) is 37.9 Å². The molecule has 0 bridgehead atoms. The van der Waals surface area contributed by atoms with Crippen LogP contribution in [-0.2, 0) is 6.42 Å². The molecule has 1 atom stereocenters. The van der Waals surface area contributed by atoms with E-state index in [0.717, 1.165) is 49.1 Å². The van der Waals surface area contributed by atoms with Gasteiger partial charge >= 0.3 is 0 Å². The van der Waals surface area contributed by atoms with Gasteiger partial charge in [0.25, 0.3) is 0 Å². The van der Waals surface area contributed by atoms with Crippen molar-refractivity contribution in [2.45, 2.75) is 38.4 Å². The number of guanidine groups is 1. The summed E-state index contributed by atoms with van der Waals surface area (Å²) in [6.07, 6.45) is 2.67. The van der Waals surface area contributed by atoms with Crippen LogP contribution >= 0.6 is 35.7 Å². The summed E-state index contributed by atoms with van der Waals surface area (Å²) in [7, 11) is 0. The van der Waals surface area contributed by atoms with Crippen molar-refractivity contribution >= 4 is 47.5 Å². The fraction of sp³-hybridized carbons (Fsp3) is 0.500. The highest BCUT2D eigenvalue weighted by Gasteiger charge is 2.21. The van der Waals surface area contributed by atoms with Crippen LogP contribution in [0.25, 0.3) is 5.69 Å². The quantitative estimate of drug-likeness (QED) is 0.235. The number of nitrogens with one attached hydrogen (secondary N) is 1. The first-order valence-electron chi connectivity index (χ1n) is 10.7. The van der Waals surface area contributed by atoms with Gasteiger partial charge in [-0.2, -0.15) is 22.1 Å². The minimum absolute atomic E-state index is 0. The summed E-state index contributed by atoms with van der Waals surface area (Å²) in [6, 6.07) is 11.9. The number of nitrogens with zero attached hydrogens (tertiary/aromatic N) is 5. The van der Waals surface area contributed by atoms with E-state index < -0.39 is 0 Å². The Labute approximate surface area is 206 Å². The fourth-order valence-electron chi connectivity index (χ4n) is 3.56. The molecule has 3 rings (SSSR count). The van der Waals surface area contributed by atoms with Gasteiger partial charge in [-0.25, -0.2) is 4.68 Å². The monoisotopic (exact) mass is 553 g/mol. The molecule has 1 saturated heterocycles. The molecule has 1 fully saturated rings. The Morgan fingerprint density at radius 3 is 2.81 bits per heavy atom. The molecule has 0 spiro atoms. The molecule has 9 heteroatoms. The molecule has 0 saturated carbocycles. The normalized spacial score (nSPS) is 16.5. The number of benzene rings is 1. The summed E-state index contributed by atoms with van der Waals surface area (Å²) in [5.74, 6) is 2.53. The highest BCUT2D eigenvalue weighted by atomic mass is 127. The molecule has 2 aromatic rings. The predicted molar refractivity (Wildman–Crippen MR) is 141 cm³/mol. The number of aryl methyl sites for hydroxylation is 1. The van der Waals surface area contributed by atoms with Crippen LogP contribution in [0.15, 0.2) is 35.3 Å². The largest absolute Gasteiger partial charge is 0.382 e. The Morgan fingerprint density at radius 1 is 1.35 bits per heavy atom. The Balaban J connectivity index is 0.00000341. The zero-order valence-electron chi connectivity index (χ0n) is 18.3. The van der Waals surface area contributed by atoms with E-state index in [1.54, 1.807) is 4.68 Å². The average molecular weight is 554 g/mol. The molecule has 0 aliphatic carbocycles. The first kappa shape index (κ1) is 25.3. The number of nitrogen functional groups attached to an aromatic ring is 1. The van der Waals surface area contributed by atoms with Crippen LogP contribution in [0.3, 0.4) is 0 Å². The average Bonchev–Trinajstić information content (AvgIpc) is 3.11. The Morgan fingerprint density at radius 2 is 2.13 bits per heavy atom. The number of aliphatic imine (C=N–C) groups is 1. The van der Waals surface area contributed by atoms with Gasteiger partial charge in [-0.3, -0.25) is 4.99 Å². The smallest absolute Gasteiger partial charge is 0.193 e. The van der Waals surface area contributed by atoms with Crippen LogP contribution in [0.5, 0.6) is 0 Å². The molecule has 3 N–H and O–H groups in total. The molecule has 168 valence electrons. The van der Waals surface area contributed by atoms with Crippen LogP contribution < -0.4 is 11.1 Å². The SMILES string of the molecule is CCNC(=NCCCc1nn(-c2ccccc2)c(N)c1C#N)N1CCSC(CC)C1.I. The van der Waals surface area contributed by atoms with Crippen molar-refractivity contribution < 1.29 is 0 Å². The molecule has 0 radical (unpaired) electrons. The molecule has 1 aromatic heterocycles. The van der Waals surface area contributed by atoms with Gasteiger partial charge in [-0.05, 0) is 38.3 Å². The van der Waals surface area contributed by atoms with Crippen LogP contribution in [0.2, 0.25) is 0 Å². The van der Waals surface area contributed by atoms with E-state index in [1.165, 1.54) is 6.42 Å². The molecule has 1 aliphatic rings. The van der Waals surface area contributed by atoms with Crippen LogP contribution in [0.4, 0.5) is 5.82 Å². The van der Waals surface area contributed by atoms with E-state index in [-0.39, 0.29) is 24.0 Å². The van der Waals surface area contributed by atoms with Gasteiger partial charge in [0, 0.05) is 37.2 Å². The van der Waals surface area contributed by atoms with Crippen molar-refractivity contribution in [3.05, 3.63) is 41.6 Å². The molecular formula is C22H32IN7S. The van der Waals surface area contributed by atoms with Gasteiger partial charge in [0.15, 0.2) is 5.96 Å². The summed E-state index contributed by atoms with van der Waals surface area (Å²) in [6.45, 7) is 7.97. The second-order valence-electron chi connectivity index (χ2n) is 7.25. The predicted octanol–water partition coefficient (Wildman–Crippen LogP) is 3.67. The van der Waals surface area contributed by atoms with E-state index in [0.29, 0.717) is 29.6 Å². The molecule has 2 heterocycles. The molecule has 1 unspecified atom stereocenters. The molecule has 0 amide bonds. The number of aromatic nitrogens is 2. The topological polar surface area (TPSA) is 95.3 Å². The second-order valence-corrected chi connectivity index (χ2v) is 8.66. The Hall–Kier alpha value is -1.93. The lowest BCUT2D eigenvalue weighted by molar-refractivity contribution is 0.408. The summed E-state index contributed by atoms with van der Waals surface area (Å²) >= 11 is 2.06. The third kappa shape index (κ3) is 6.53. The Bertz CT molecular complexity index is 891. The summed E-state index contributed by atoms with van der Waals surface area (Å²) in [4.78, 5) is 7.21. The molecule has 1 aliphatic heterocycles. The van der Waals surface area contributed by atoms with Crippen molar-refractivity contribution in [2.24, 2.45) is 4.99 Å². The van der Waals surface area contributed by atoms with Gasteiger partial charge in [0.2, 0.25) is 0 Å². The third-order valence-electron chi connectivity index (χ3n) is 5.17. The van der Waals surface area contributed by atoms with Gasteiger partial charge in [0.1, 0.15) is 17.5 Å². The van der Waals surface area contributed by atoms with E-state index in [4.69, 9.17) is 10.7 Å². The number of para-hydroxylation sites is 1. The van der Waals surface area contributed by atoms with Gasteiger partial charge in [-0.1, -0.05) is 25.1 Å². The van der Waals surface area contributed by atoms with E-state index in [1.807, 2.05) is 30.3 Å². The lowest BCUT2D eigenvalue weighted by Crippen LogP contribution is -2.48. The number of anilines is 1. The van der Waals surface area contributed by atoms with Gasteiger partial charge in [0.05, 0.1) is 11.4 Å². The molecule has 7 nitrogen and oxygen atoms in total. The lowest BCUT2D eigenvalue weighted by atomic mass is 10.1. The third-order valence-corrected chi connectivity index (χ3v) is 6.54. The first-order chi connectivity index (χ1) is 14.7. The number of rotatable bonds is 7. The maximum atomic E-state index is 9.56. The molecular weight excluding hydrogens is 521 g/mol. The van der Waals surface area contributed by atoms with Gasteiger partial charge in [-0.15, -0.1) is 24.0 Å². The summed E-state index contributed by atoms with van der Waals surface area (Å²) < 4.78 is 1.65. The number of thioether (sulfide) groups is 1. The second kappa shape index (κ2) is 12.8. The van der Waals surface area contributed by atoms with Crippen LogP contribution in [0, 0.1) is 11.3 Å². The highest BCUT2D eigenvalue weighted by molar-refractivity contribution is 14.0. The summed E-state index contributed by atoms with van der Waals surface area (Å²) in [5.41, 5.74) is 8.26. The van der Waals surface area contributed by atoms with Crippen molar-refractivity contribution in [2.75, 3.05) is 37.7 Å². The van der Waals surface area contributed by atoms with E-state index in [9.17, 15) is 5.26 Å². The highest BCUT2D eigenvalue weighted by Crippen LogP contribution is 2.22. The van der Waals surface area contributed by atoms with Crippen molar-refractivity contribution in [1.29, 1.82) is 5.26 Å². The van der Waals surface area contributed by atoms with Crippen molar-refractivity contribution in [3.8, 4) is 11.8 Å². The zero-order valence-corrected chi connectivity index (χ0v) is 21.4. The minimum atomic E-state index is 0. The van der Waals surface area contributed by atoms with Crippen molar-refractivity contribution in [1.82, 2.24) is 20.0 Å². The number of nitriles is 1. The molecule has 1 aromatic carbocycles. The Kier molecular flexibility index (Phi) is 10.5. The number of hydrogen-bond donors (Lipinski definition) is 2. The van der Waals surface area contributed by atoms with Crippen LogP contribution in [-0.4, -0.2) is 57.8 Å². The maximum Gasteiger partial charge on any atom is 0.193 e. The lowest BCUT2D eigenvalue weighted by Gasteiger charge is -2.34. The van der Waals surface area contributed by atoms with Gasteiger partial charge < -0.3 is 16.0 Å². The van der Waals surface area contributed by atoms with E-state index >= 15 is 0 Å². The number of nitrogens with two attached hydrogens (primary N) is 1.